The number of unbranched alkanes of at least 4 members (excludes halogenated alkanes) is 1. The number of rotatable bonds is 7. The molecule has 6 nitrogen and oxygen atoms in total. The molecule has 1 aliphatic heterocycles. The summed E-state index contributed by atoms with van der Waals surface area (Å²) in [5.74, 6) is 0.137. The van der Waals surface area contributed by atoms with Crippen molar-refractivity contribution in [3.05, 3.63) is 65.7 Å². The van der Waals surface area contributed by atoms with Crippen LogP contribution in [0.5, 0.6) is 0 Å². The molecule has 2 aromatic carbocycles. The van der Waals surface area contributed by atoms with Crippen LogP contribution in [-0.2, 0) is 11.2 Å². The lowest BCUT2D eigenvalue weighted by Gasteiger charge is -2.25. The maximum Gasteiger partial charge on any atom is 0.252 e. The number of aliphatic imine (C=N–C) groups is 2. The van der Waals surface area contributed by atoms with Gasteiger partial charge in [-0.1, -0.05) is 48.5 Å². The van der Waals surface area contributed by atoms with Crippen molar-refractivity contribution >= 4 is 23.3 Å². The number of amides is 1. The number of hydrogen-bond acceptors (Lipinski definition) is 3. The Bertz CT molecular complexity index is 872. The van der Waals surface area contributed by atoms with Crippen LogP contribution in [-0.4, -0.2) is 36.7 Å². The standard InChI is InChI=1S/C22H27N5O/c1-16-18-11-5-6-12-20(18)27(14-8-7-13-25-22(23)24)21(28)19(26-16)15-17-9-3-2-4-10-17/h2-6,9-12,19H,7-8,13-15H2,1H3,(H4,23,24,25)/t19-/m1/s1. The second-order valence-corrected chi connectivity index (χ2v) is 6.94. The summed E-state index contributed by atoms with van der Waals surface area (Å²) < 4.78 is 0. The molecule has 0 saturated carbocycles. The van der Waals surface area contributed by atoms with E-state index in [0.29, 0.717) is 19.5 Å². The minimum Gasteiger partial charge on any atom is -0.370 e. The first kappa shape index (κ1) is 19.6. The van der Waals surface area contributed by atoms with Gasteiger partial charge in [-0.15, -0.1) is 0 Å². The van der Waals surface area contributed by atoms with Gasteiger partial charge in [-0.2, -0.15) is 0 Å². The predicted molar refractivity (Wildman–Crippen MR) is 115 cm³/mol. The molecule has 0 aromatic heterocycles. The van der Waals surface area contributed by atoms with E-state index < -0.39 is 6.04 Å². The highest BCUT2D eigenvalue weighted by atomic mass is 16.2. The van der Waals surface area contributed by atoms with E-state index in [2.05, 4.69) is 4.99 Å². The molecule has 3 rings (SSSR count). The highest BCUT2D eigenvalue weighted by molar-refractivity contribution is 6.11. The third-order valence-corrected chi connectivity index (χ3v) is 4.84. The van der Waals surface area contributed by atoms with Crippen LogP contribution in [0.3, 0.4) is 0 Å². The van der Waals surface area contributed by atoms with Crippen LogP contribution in [0.25, 0.3) is 0 Å². The Hall–Kier alpha value is -3.15. The molecule has 28 heavy (non-hydrogen) atoms. The van der Waals surface area contributed by atoms with Crippen LogP contribution in [0.15, 0.2) is 64.6 Å². The lowest BCUT2D eigenvalue weighted by atomic mass is 10.0. The maximum absolute atomic E-state index is 13.4. The fraction of sp³-hybridized carbons (Fsp3) is 0.318. The van der Waals surface area contributed by atoms with Gasteiger partial charge in [0.15, 0.2) is 5.96 Å². The van der Waals surface area contributed by atoms with Crippen molar-refractivity contribution in [1.29, 1.82) is 0 Å². The number of nitrogens with two attached hydrogens (primary N) is 2. The van der Waals surface area contributed by atoms with E-state index in [1.165, 1.54) is 0 Å². The molecule has 1 heterocycles. The average molecular weight is 377 g/mol. The van der Waals surface area contributed by atoms with Gasteiger partial charge in [-0.25, -0.2) is 0 Å². The second kappa shape index (κ2) is 9.17. The third kappa shape index (κ3) is 4.76. The summed E-state index contributed by atoms with van der Waals surface area (Å²) in [7, 11) is 0. The number of benzodiazepines with no additional fused rings is 1. The van der Waals surface area contributed by atoms with E-state index in [-0.39, 0.29) is 11.9 Å². The van der Waals surface area contributed by atoms with Crippen LogP contribution in [0, 0.1) is 0 Å². The lowest BCUT2D eigenvalue weighted by Crippen LogP contribution is -2.39. The summed E-state index contributed by atoms with van der Waals surface area (Å²) in [5.41, 5.74) is 14.7. The van der Waals surface area contributed by atoms with Gasteiger partial charge in [0.2, 0.25) is 0 Å². The molecule has 2 aromatic rings. The van der Waals surface area contributed by atoms with Gasteiger partial charge in [-0.05, 0) is 31.4 Å². The maximum atomic E-state index is 13.4. The fourth-order valence-electron chi connectivity index (χ4n) is 3.46. The van der Waals surface area contributed by atoms with Gasteiger partial charge in [-0.3, -0.25) is 14.8 Å². The molecule has 4 N–H and O–H groups in total. The molecular weight excluding hydrogens is 350 g/mol. The molecule has 0 aliphatic carbocycles. The molecule has 0 spiro atoms. The lowest BCUT2D eigenvalue weighted by molar-refractivity contribution is -0.119. The molecule has 146 valence electrons. The van der Waals surface area contributed by atoms with Crippen molar-refractivity contribution in [2.45, 2.75) is 32.2 Å². The number of para-hydroxylation sites is 1. The van der Waals surface area contributed by atoms with E-state index in [1.807, 2.05) is 66.4 Å². The zero-order valence-corrected chi connectivity index (χ0v) is 16.2. The number of carbonyl (C=O) groups excluding carboxylic acids is 1. The molecule has 1 amide bonds. The number of hydrogen-bond donors (Lipinski definition) is 2. The Morgan fingerprint density at radius 3 is 2.54 bits per heavy atom. The summed E-state index contributed by atoms with van der Waals surface area (Å²) in [4.78, 5) is 24.1. The summed E-state index contributed by atoms with van der Waals surface area (Å²) in [6.07, 6.45) is 2.22. The van der Waals surface area contributed by atoms with Crippen molar-refractivity contribution in [1.82, 2.24) is 0 Å². The second-order valence-electron chi connectivity index (χ2n) is 6.94. The molecule has 1 aliphatic rings. The molecule has 1 atom stereocenters. The summed E-state index contributed by atoms with van der Waals surface area (Å²) in [5, 5.41) is 0. The van der Waals surface area contributed by atoms with Gasteiger partial charge in [0.25, 0.3) is 5.91 Å². The van der Waals surface area contributed by atoms with Crippen LogP contribution >= 0.6 is 0 Å². The average Bonchev–Trinajstić information content (AvgIpc) is 2.79. The van der Waals surface area contributed by atoms with Crippen molar-refractivity contribution in [2.24, 2.45) is 21.5 Å². The number of benzene rings is 2. The molecule has 0 bridgehead atoms. The molecule has 0 saturated heterocycles. The van der Waals surface area contributed by atoms with E-state index in [0.717, 1.165) is 35.4 Å². The van der Waals surface area contributed by atoms with E-state index in [4.69, 9.17) is 16.5 Å². The molecule has 0 radical (unpaired) electrons. The van der Waals surface area contributed by atoms with Gasteiger partial charge >= 0.3 is 0 Å². The minimum atomic E-state index is -0.424. The van der Waals surface area contributed by atoms with Crippen LogP contribution in [0.4, 0.5) is 5.69 Å². The normalized spacial score (nSPS) is 16.2. The Morgan fingerprint density at radius 2 is 1.79 bits per heavy atom. The number of anilines is 1. The van der Waals surface area contributed by atoms with Gasteiger partial charge < -0.3 is 16.4 Å². The minimum absolute atomic E-state index is 0.0370. The Kier molecular flexibility index (Phi) is 6.42. The molecule has 0 unspecified atom stereocenters. The van der Waals surface area contributed by atoms with Crippen LogP contribution < -0.4 is 16.4 Å². The molecule has 0 fully saturated rings. The molecular formula is C22H27N5O. The van der Waals surface area contributed by atoms with E-state index >= 15 is 0 Å². The fourth-order valence-corrected chi connectivity index (χ4v) is 3.46. The largest absolute Gasteiger partial charge is 0.370 e. The van der Waals surface area contributed by atoms with Crippen molar-refractivity contribution in [3.63, 3.8) is 0 Å². The zero-order chi connectivity index (χ0) is 19.9. The highest BCUT2D eigenvalue weighted by Gasteiger charge is 2.30. The van der Waals surface area contributed by atoms with Gasteiger partial charge in [0.05, 0.1) is 5.69 Å². The topological polar surface area (TPSA) is 97.1 Å². The first-order chi connectivity index (χ1) is 13.6. The third-order valence-electron chi connectivity index (χ3n) is 4.84. The first-order valence-corrected chi connectivity index (χ1v) is 9.61. The quantitative estimate of drug-likeness (QED) is 0.441. The number of carbonyl (C=O) groups is 1. The SMILES string of the molecule is CC1=N[C@H](Cc2ccccc2)C(=O)N(CCCCN=C(N)N)c2ccccc21. The van der Waals surface area contributed by atoms with E-state index in [1.54, 1.807) is 0 Å². The van der Waals surface area contributed by atoms with Crippen molar-refractivity contribution < 1.29 is 4.79 Å². The Morgan fingerprint density at radius 1 is 1.07 bits per heavy atom. The monoisotopic (exact) mass is 377 g/mol. The van der Waals surface area contributed by atoms with Crippen LogP contribution in [0.2, 0.25) is 0 Å². The summed E-state index contributed by atoms with van der Waals surface area (Å²) in [6.45, 7) is 3.16. The predicted octanol–water partition coefficient (Wildman–Crippen LogP) is 2.51. The molecule has 6 heteroatoms. The van der Waals surface area contributed by atoms with Gasteiger partial charge in [0.1, 0.15) is 6.04 Å². The Balaban J connectivity index is 1.82. The number of fused-ring (bicyclic) bond motifs is 1. The van der Waals surface area contributed by atoms with Crippen LogP contribution in [0.1, 0.15) is 30.9 Å². The number of guanidine groups is 1. The Labute approximate surface area is 166 Å². The van der Waals surface area contributed by atoms with Crippen molar-refractivity contribution in [3.8, 4) is 0 Å². The van der Waals surface area contributed by atoms with Crippen molar-refractivity contribution in [2.75, 3.05) is 18.0 Å². The van der Waals surface area contributed by atoms with E-state index in [9.17, 15) is 4.79 Å². The zero-order valence-electron chi connectivity index (χ0n) is 16.2. The summed E-state index contributed by atoms with van der Waals surface area (Å²) >= 11 is 0. The van der Waals surface area contributed by atoms with Gasteiger partial charge in [0, 0.05) is 30.8 Å². The number of nitrogens with zero attached hydrogens (tertiary/aromatic N) is 3. The first-order valence-electron chi connectivity index (χ1n) is 9.61. The smallest absolute Gasteiger partial charge is 0.252 e. The highest BCUT2D eigenvalue weighted by Crippen LogP contribution is 2.27. The summed E-state index contributed by atoms with van der Waals surface area (Å²) in [6, 6.07) is 17.6.